The van der Waals surface area contributed by atoms with Crippen LogP contribution in [0.25, 0.3) is 0 Å². The van der Waals surface area contributed by atoms with Crippen molar-refractivity contribution in [1.82, 2.24) is 0 Å². The lowest BCUT2D eigenvalue weighted by Crippen LogP contribution is -2.04. The Morgan fingerprint density at radius 2 is 1.93 bits per heavy atom. The van der Waals surface area contributed by atoms with Crippen LogP contribution in [0.5, 0.6) is 5.75 Å². The summed E-state index contributed by atoms with van der Waals surface area (Å²) in [6.45, 7) is 6.84. The Labute approximate surface area is 84.8 Å². The van der Waals surface area contributed by atoms with Gasteiger partial charge in [0.1, 0.15) is 5.75 Å². The quantitative estimate of drug-likeness (QED) is 0.455. The van der Waals surface area contributed by atoms with Crippen LogP contribution in [0.3, 0.4) is 0 Å². The zero-order valence-electron chi connectivity index (χ0n) is 8.96. The number of aryl methyl sites for hydroxylation is 2. The summed E-state index contributed by atoms with van der Waals surface area (Å²) in [4.78, 5) is 0. The Morgan fingerprint density at radius 3 is 2.57 bits per heavy atom. The third-order valence-corrected chi connectivity index (χ3v) is 2.07. The molecule has 0 fully saturated rings. The molecular formula is C11H17NO2. The van der Waals surface area contributed by atoms with Crippen LogP contribution in [0.1, 0.15) is 18.1 Å². The highest BCUT2D eigenvalue weighted by atomic mass is 16.7. The lowest BCUT2D eigenvalue weighted by atomic mass is 10.1. The molecule has 1 aromatic carbocycles. The number of rotatable bonds is 4. The molecule has 14 heavy (non-hydrogen) atoms. The maximum absolute atomic E-state index is 5.77. The Balaban J connectivity index is 2.72. The molecule has 0 saturated carbocycles. The van der Waals surface area contributed by atoms with Crippen LogP contribution in [0, 0.1) is 13.8 Å². The van der Waals surface area contributed by atoms with Crippen LogP contribution in [0.15, 0.2) is 12.1 Å². The molecule has 0 bridgehead atoms. The van der Waals surface area contributed by atoms with Crippen LogP contribution in [-0.4, -0.2) is 13.4 Å². The van der Waals surface area contributed by atoms with E-state index in [0.29, 0.717) is 6.61 Å². The number of nitrogen functional groups attached to an aromatic ring is 1. The van der Waals surface area contributed by atoms with Gasteiger partial charge >= 0.3 is 0 Å². The number of hydrogen-bond donors (Lipinski definition) is 1. The average Bonchev–Trinajstić information content (AvgIpc) is 2.14. The lowest BCUT2D eigenvalue weighted by Gasteiger charge is -2.11. The monoisotopic (exact) mass is 195 g/mol. The fourth-order valence-electron chi connectivity index (χ4n) is 1.19. The van der Waals surface area contributed by atoms with E-state index < -0.39 is 0 Å². The third-order valence-electron chi connectivity index (χ3n) is 2.07. The third kappa shape index (κ3) is 2.64. The molecule has 3 nitrogen and oxygen atoms in total. The SMILES string of the molecule is CCOCOc1cc(N)c(C)cc1C. The summed E-state index contributed by atoms with van der Waals surface area (Å²) in [5.74, 6) is 0.793. The minimum atomic E-state index is 0.278. The van der Waals surface area contributed by atoms with Crippen molar-refractivity contribution in [2.75, 3.05) is 19.1 Å². The molecule has 0 aliphatic carbocycles. The topological polar surface area (TPSA) is 44.5 Å². The van der Waals surface area contributed by atoms with E-state index in [0.717, 1.165) is 22.6 Å². The van der Waals surface area contributed by atoms with E-state index in [2.05, 4.69) is 0 Å². The standard InChI is InChI=1S/C11H17NO2/c1-4-13-7-14-11-6-10(12)8(2)5-9(11)3/h5-6H,4,7,12H2,1-3H3. The molecule has 0 radical (unpaired) electrons. The number of hydrogen-bond acceptors (Lipinski definition) is 3. The minimum absolute atomic E-state index is 0.278. The second kappa shape index (κ2) is 4.86. The number of nitrogens with two attached hydrogens (primary N) is 1. The molecule has 0 aromatic heterocycles. The fourth-order valence-corrected chi connectivity index (χ4v) is 1.19. The summed E-state index contributed by atoms with van der Waals surface area (Å²) in [5.41, 5.74) is 8.68. The zero-order valence-corrected chi connectivity index (χ0v) is 8.96. The first-order chi connectivity index (χ1) is 6.65. The van der Waals surface area contributed by atoms with E-state index in [1.54, 1.807) is 0 Å². The van der Waals surface area contributed by atoms with Gasteiger partial charge in [0.2, 0.25) is 0 Å². The van der Waals surface area contributed by atoms with Gasteiger partial charge in [0.15, 0.2) is 6.79 Å². The number of ether oxygens (including phenoxy) is 2. The van der Waals surface area contributed by atoms with Gasteiger partial charge in [0.05, 0.1) is 0 Å². The molecular weight excluding hydrogens is 178 g/mol. The van der Waals surface area contributed by atoms with E-state index in [1.165, 1.54) is 0 Å². The van der Waals surface area contributed by atoms with Gasteiger partial charge in [-0.15, -0.1) is 0 Å². The van der Waals surface area contributed by atoms with Crippen molar-refractivity contribution in [3.8, 4) is 5.75 Å². The van der Waals surface area contributed by atoms with Crippen LogP contribution >= 0.6 is 0 Å². The Bertz CT molecular complexity index is 310. The fraction of sp³-hybridized carbons (Fsp3) is 0.455. The second-order valence-electron chi connectivity index (χ2n) is 3.23. The first kappa shape index (κ1) is 10.9. The van der Waals surface area contributed by atoms with Crippen LogP contribution < -0.4 is 10.5 Å². The summed E-state index contributed by atoms with van der Waals surface area (Å²) in [5, 5.41) is 0. The molecule has 0 atom stereocenters. The van der Waals surface area contributed by atoms with Crippen molar-refractivity contribution >= 4 is 5.69 Å². The molecule has 0 amide bonds. The van der Waals surface area contributed by atoms with Crippen molar-refractivity contribution in [2.45, 2.75) is 20.8 Å². The first-order valence-corrected chi connectivity index (χ1v) is 4.72. The van der Waals surface area contributed by atoms with E-state index >= 15 is 0 Å². The molecule has 2 N–H and O–H groups in total. The molecule has 1 rings (SSSR count). The summed E-state index contributed by atoms with van der Waals surface area (Å²) in [6, 6.07) is 3.85. The Kier molecular flexibility index (Phi) is 3.77. The first-order valence-electron chi connectivity index (χ1n) is 4.72. The van der Waals surface area contributed by atoms with Gasteiger partial charge in [-0.3, -0.25) is 0 Å². The van der Waals surface area contributed by atoms with Crippen molar-refractivity contribution < 1.29 is 9.47 Å². The van der Waals surface area contributed by atoms with E-state index in [4.69, 9.17) is 15.2 Å². The zero-order chi connectivity index (χ0) is 10.6. The smallest absolute Gasteiger partial charge is 0.189 e. The van der Waals surface area contributed by atoms with Crippen molar-refractivity contribution in [1.29, 1.82) is 0 Å². The summed E-state index contributed by atoms with van der Waals surface area (Å²) in [7, 11) is 0. The van der Waals surface area contributed by atoms with Crippen molar-refractivity contribution in [3.63, 3.8) is 0 Å². The van der Waals surface area contributed by atoms with Gasteiger partial charge in [-0.25, -0.2) is 0 Å². The number of benzene rings is 1. The maximum Gasteiger partial charge on any atom is 0.189 e. The summed E-state index contributed by atoms with van der Waals surface area (Å²) < 4.78 is 10.5. The molecule has 0 aliphatic rings. The molecule has 3 heteroatoms. The highest BCUT2D eigenvalue weighted by molar-refractivity contribution is 5.54. The molecule has 0 unspecified atom stereocenters. The highest BCUT2D eigenvalue weighted by Crippen LogP contribution is 2.24. The van der Waals surface area contributed by atoms with Gasteiger partial charge in [-0.2, -0.15) is 0 Å². The van der Waals surface area contributed by atoms with Crippen molar-refractivity contribution in [3.05, 3.63) is 23.3 Å². The van der Waals surface area contributed by atoms with E-state index in [-0.39, 0.29) is 6.79 Å². The maximum atomic E-state index is 5.77. The predicted molar refractivity (Wildman–Crippen MR) is 57.4 cm³/mol. The summed E-state index contributed by atoms with van der Waals surface area (Å²) in [6.07, 6.45) is 0. The second-order valence-corrected chi connectivity index (χ2v) is 3.23. The van der Waals surface area contributed by atoms with Gasteiger partial charge < -0.3 is 15.2 Å². The largest absolute Gasteiger partial charge is 0.467 e. The normalized spacial score (nSPS) is 10.2. The molecule has 0 spiro atoms. The van der Waals surface area contributed by atoms with Crippen molar-refractivity contribution in [2.24, 2.45) is 0 Å². The van der Waals surface area contributed by atoms with Gasteiger partial charge in [-0.1, -0.05) is 6.07 Å². The number of anilines is 1. The molecule has 0 aliphatic heterocycles. The van der Waals surface area contributed by atoms with E-state index in [1.807, 2.05) is 32.9 Å². The van der Waals surface area contributed by atoms with Crippen LogP contribution in [0.2, 0.25) is 0 Å². The summed E-state index contributed by atoms with van der Waals surface area (Å²) >= 11 is 0. The van der Waals surface area contributed by atoms with Gasteiger partial charge in [0, 0.05) is 18.4 Å². The molecule has 0 saturated heterocycles. The molecule has 0 heterocycles. The minimum Gasteiger partial charge on any atom is -0.467 e. The molecule has 1 aromatic rings. The lowest BCUT2D eigenvalue weighted by molar-refractivity contribution is 0.0220. The van der Waals surface area contributed by atoms with Gasteiger partial charge in [0.25, 0.3) is 0 Å². The Hall–Kier alpha value is -1.22. The van der Waals surface area contributed by atoms with Crippen LogP contribution in [0.4, 0.5) is 5.69 Å². The Morgan fingerprint density at radius 1 is 1.21 bits per heavy atom. The highest BCUT2D eigenvalue weighted by Gasteiger charge is 2.02. The van der Waals surface area contributed by atoms with E-state index in [9.17, 15) is 0 Å². The predicted octanol–water partition coefficient (Wildman–Crippen LogP) is 2.26. The average molecular weight is 195 g/mol. The molecule has 78 valence electrons. The van der Waals surface area contributed by atoms with Crippen LogP contribution in [-0.2, 0) is 4.74 Å². The van der Waals surface area contributed by atoms with Gasteiger partial charge in [-0.05, 0) is 31.9 Å².